The van der Waals surface area contributed by atoms with Gasteiger partial charge in [-0.25, -0.2) is 9.97 Å². The third kappa shape index (κ3) is 6.11. The minimum atomic E-state index is -0.156. The highest BCUT2D eigenvalue weighted by atomic mass is 16.5. The van der Waals surface area contributed by atoms with Crippen LogP contribution >= 0.6 is 0 Å². The van der Waals surface area contributed by atoms with E-state index in [0.717, 1.165) is 45.1 Å². The van der Waals surface area contributed by atoms with E-state index < -0.39 is 0 Å². The van der Waals surface area contributed by atoms with E-state index in [-0.39, 0.29) is 5.91 Å². The fraction of sp³-hybridized carbons (Fsp3) is 0.688. The first kappa shape index (κ1) is 17.6. The van der Waals surface area contributed by atoms with E-state index in [1.54, 1.807) is 6.07 Å². The lowest BCUT2D eigenvalue weighted by molar-refractivity contribution is 0.0383. The number of carbonyl (C=O) groups excluding carboxylic acids is 1. The number of nitrogens with zero attached hydrogens (tertiary/aromatic N) is 3. The van der Waals surface area contributed by atoms with Crippen LogP contribution < -0.4 is 10.6 Å². The van der Waals surface area contributed by atoms with Crippen molar-refractivity contribution in [1.82, 2.24) is 20.2 Å². The number of aromatic nitrogens is 2. The second kappa shape index (κ2) is 8.79. The molecule has 0 radical (unpaired) electrons. The van der Waals surface area contributed by atoms with Crippen LogP contribution in [0.2, 0.25) is 0 Å². The average molecular weight is 321 g/mol. The summed E-state index contributed by atoms with van der Waals surface area (Å²) in [6.07, 6.45) is 0. The Balaban J connectivity index is 1.85. The smallest absolute Gasteiger partial charge is 0.270 e. The molecule has 2 N–H and O–H groups in total. The molecule has 2 heterocycles. The monoisotopic (exact) mass is 321 g/mol. The normalized spacial score (nSPS) is 15.7. The highest BCUT2D eigenvalue weighted by molar-refractivity contribution is 5.92. The van der Waals surface area contributed by atoms with Gasteiger partial charge in [-0.05, 0) is 18.9 Å². The summed E-state index contributed by atoms with van der Waals surface area (Å²) in [4.78, 5) is 23.2. The molecular weight excluding hydrogens is 294 g/mol. The molecule has 1 fully saturated rings. The lowest BCUT2D eigenvalue weighted by atomic mass is 10.2. The molecule has 1 amide bonds. The quantitative estimate of drug-likeness (QED) is 0.777. The molecule has 1 aliphatic rings. The molecule has 0 saturated carbocycles. The zero-order chi connectivity index (χ0) is 16.7. The van der Waals surface area contributed by atoms with E-state index in [1.807, 2.05) is 6.92 Å². The molecule has 1 aliphatic heterocycles. The SMILES string of the molecule is Cc1cc(C(=O)NCCN2CCOCC2)nc(NCC(C)C)n1. The van der Waals surface area contributed by atoms with Crippen LogP contribution in [0.4, 0.5) is 5.95 Å². The van der Waals surface area contributed by atoms with Gasteiger partial charge in [0.05, 0.1) is 13.2 Å². The van der Waals surface area contributed by atoms with E-state index in [0.29, 0.717) is 24.1 Å². The fourth-order valence-corrected chi connectivity index (χ4v) is 2.30. The van der Waals surface area contributed by atoms with Crippen LogP contribution in [0.1, 0.15) is 30.0 Å². The Hall–Kier alpha value is -1.73. The Kier molecular flexibility index (Phi) is 6.73. The molecule has 7 heteroatoms. The van der Waals surface area contributed by atoms with Crippen LogP contribution in [0.5, 0.6) is 0 Å². The first-order valence-corrected chi connectivity index (χ1v) is 8.22. The van der Waals surface area contributed by atoms with Gasteiger partial charge in [-0.3, -0.25) is 9.69 Å². The molecule has 0 aliphatic carbocycles. The van der Waals surface area contributed by atoms with Crippen LogP contribution in [0.15, 0.2) is 6.07 Å². The lowest BCUT2D eigenvalue weighted by Gasteiger charge is -2.26. The molecule has 23 heavy (non-hydrogen) atoms. The Labute approximate surface area is 137 Å². The second-order valence-electron chi connectivity index (χ2n) is 6.20. The zero-order valence-electron chi connectivity index (χ0n) is 14.3. The molecule has 1 saturated heterocycles. The van der Waals surface area contributed by atoms with Crippen LogP contribution in [0.25, 0.3) is 0 Å². The summed E-state index contributed by atoms with van der Waals surface area (Å²) in [5.41, 5.74) is 1.19. The predicted molar refractivity (Wildman–Crippen MR) is 89.7 cm³/mol. The minimum absolute atomic E-state index is 0.156. The summed E-state index contributed by atoms with van der Waals surface area (Å²) < 4.78 is 5.31. The molecule has 0 unspecified atom stereocenters. The molecule has 0 spiro atoms. The van der Waals surface area contributed by atoms with Gasteiger partial charge in [-0.1, -0.05) is 13.8 Å². The molecule has 1 aromatic rings. The van der Waals surface area contributed by atoms with Crippen molar-refractivity contribution >= 4 is 11.9 Å². The number of carbonyl (C=O) groups is 1. The summed E-state index contributed by atoms with van der Waals surface area (Å²) in [5, 5.41) is 6.09. The van der Waals surface area contributed by atoms with E-state index in [1.165, 1.54) is 0 Å². The lowest BCUT2D eigenvalue weighted by Crippen LogP contribution is -2.41. The van der Waals surface area contributed by atoms with Crippen LogP contribution in [-0.2, 0) is 4.74 Å². The van der Waals surface area contributed by atoms with Crippen molar-refractivity contribution in [3.8, 4) is 0 Å². The van der Waals surface area contributed by atoms with Gasteiger partial charge in [0.2, 0.25) is 5.95 Å². The number of hydrogen-bond acceptors (Lipinski definition) is 6. The number of amides is 1. The predicted octanol–water partition coefficient (Wildman–Crippen LogP) is 0.915. The Morgan fingerprint density at radius 3 is 2.78 bits per heavy atom. The van der Waals surface area contributed by atoms with Crippen molar-refractivity contribution in [3.05, 3.63) is 17.5 Å². The summed E-state index contributed by atoms with van der Waals surface area (Å²) in [6, 6.07) is 1.71. The number of morpholine rings is 1. The third-order valence-corrected chi connectivity index (χ3v) is 3.57. The maximum absolute atomic E-state index is 12.3. The van der Waals surface area contributed by atoms with Gasteiger partial charge >= 0.3 is 0 Å². The van der Waals surface area contributed by atoms with Crippen molar-refractivity contribution in [3.63, 3.8) is 0 Å². The van der Waals surface area contributed by atoms with Crippen molar-refractivity contribution in [2.45, 2.75) is 20.8 Å². The van der Waals surface area contributed by atoms with Crippen molar-refractivity contribution in [2.75, 3.05) is 51.3 Å². The van der Waals surface area contributed by atoms with E-state index in [4.69, 9.17) is 4.74 Å². The van der Waals surface area contributed by atoms with Gasteiger partial charge in [0.15, 0.2) is 0 Å². The van der Waals surface area contributed by atoms with Crippen molar-refractivity contribution in [2.24, 2.45) is 5.92 Å². The Morgan fingerprint density at radius 1 is 1.35 bits per heavy atom. The van der Waals surface area contributed by atoms with Crippen LogP contribution in [0.3, 0.4) is 0 Å². The molecule has 0 aromatic carbocycles. The summed E-state index contributed by atoms with van der Waals surface area (Å²) in [6.45, 7) is 11.7. The highest BCUT2D eigenvalue weighted by Gasteiger charge is 2.13. The first-order chi connectivity index (χ1) is 11.0. The number of hydrogen-bond donors (Lipinski definition) is 2. The largest absolute Gasteiger partial charge is 0.379 e. The molecule has 2 rings (SSSR count). The number of rotatable bonds is 7. The van der Waals surface area contributed by atoms with Gasteiger partial charge in [0.25, 0.3) is 5.91 Å². The first-order valence-electron chi connectivity index (χ1n) is 8.22. The minimum Gasteiger partial charge on any atom is -0.379 e. The molecular formula is C16H27N5O2. The topological polar surface area (TPSA) is 79.4 Å². The van der Waals surface area contributed by atoms with E-state index in [2.05, 4.69) is 39.3 Å². The second-order valence-corrected chi connectivity index (χ2v) is 6.20. The molecule has 0 bridgehead atoms. The number of ether oxygens (including phenoxy) is 1. The molecule has 1 aromatic heterocycles. The maximum Gasteiger partial charge on any atom is 0.270 e. The van der Waals surface area contributed by atoms with Gasteiger partial charge in [0.1, 0.15) is 5.69 Å². The molecule has 7 nitrogen and oxygen atoms in total. The summed E-state index contributed by atoms with van der Waals surface area (Å²) in [5.74, 6) is 0.846. The average Bonchev–Trinajstić information content (AvgIpc) is 2.53. The number of anilines is 1. The summed E-state index contributed by atoms with van der Waals surface area (Å²) >= 11 is 0. The van der Waals surface area contributed by atoms with Gasteiger partial charge in [-0.2, -0.15) is 0 Å². The maximum atomic E-state index is 12.3. The standard InChI is InChI=1S/C16H27N5O2/c1-12(2)11-18-16-19-13(3)10-14(20-16)15(22)17-4-5-21-6-8-23-9-7-21/h10,12H,4-9,11H2,1-3H3,(H,17,22)(H,18,19,20). The van der Waals surface area contributed by atoms with Crippen molar-refractivity contribution < 1.29 is 9.53 Å². The van der Waals surface area contributed by atoms with E-state index >= 15 is 0 Å². The Bertz CT molecular complexity index is 515. The molecule has 0 atom stereocenters. The fourth-order valence-electron chi connectivity index (χ4n) is 2.30. The summed E-state index contributed by atoms with van der Waals surface area (Å²) in [7, 11) is 0. The zero-order valence-corrected chi connectivity index (χ0v) is 14.3. The van der Waals surface area contributed by atoms with Crippen LogP contribution in [-0.4, -0.2) is 66.7 Å². The highest BCUT2D eigenvalue weighted by Crippen LogP contribution is 2.06. The van der Waals surface area contributed by atoms with Gasteiger partial charge < -0.3 is 15.4 Å². The third-order valence-electron chi connectivity index (χ3n) is 3.57. The van der Waals surface area contributed by atoms with Crippen LogP contribution in [0, 0.1) is 12.8 Å². The number of aryl methyl sites for hydroxylation is 1. The van der Waals surface area contributed by atoms with Gasteiger partial charge in [-0.15, -0.1) is 0 Å². The van der Waals surface area contributed by atoms with Gasteiger partial charge in [0, 0.05) is 38.4 Å². The Morgan fingerprint density at radius 2 is 2.09 bits per heavy atom. The number of nitrogens with one attached hydrogen (secondary N) is 2. The van der Waals surface area contributed by atoms with E-state index in [9.17, 15) is 4.79 Å². The van der Waals surface area contributed by atoms with Crippen molar-refractivity contribution in [1.29, 1.82) is 0 Å². The molecule has 128 valence electrons.